The van der Waals surface area contributed by atoms with Gasteiger partial charge in [0.15, 0.2) is 5.78 Å². The van der Waals surface area contributed by atoms with Crippen LogP contribution >= 0.6 is 35.0 Å². The highest BCUT2D eigenvalue weighted by Gasteiger charge is 2.18. The molecule has 0 saturated carbocycles. The van der Waals surface area contributed by atoms with Gasteiger partial charge in [-0.3, -0.25) is 9.59 Å². The summed E-state index contributed by atoms with van der Waals surface area (Å²) in [4.78, 5) is 26.3. The Bertz CT molecular complexity index is 1060. The van der Waals surface area contributed by atoms with Crippen molar-refractivity contribution in [3.8, 4) is 0 Å². The van der Waals surface area contributed by atoms with Crippen LogP contribution in [0.5, 0.6) is 0 Å². The minimum atomic E-state index is -0.315. The Morgan fingerprint density at radius 3 is 2.40 bits per heavy atom. The lowest BCUT2D eigenvalue weighted by Crippen LogP contribution is -2.15. The lowest BCUT2D eigenvalue weighted by atomic mass is 10.0. The molecule has 0 bridgehead atoms. The molecule has 0 aromatic heterocycles. The standard InChI is InChI=1S/C23H18Cl2FNO2S/c24-15-7-12-21(19(14-15)23(29)18-4-1-2-5-20(18)25)27-22(28)6-3-13-30-17-10-8-16(26)9-11-17/h1-2,4-5,7-12,14H,3,6,13H2,(H,27,28). The van der Waals surface area contributed by atoms with Gasteiger partial charge >= 0.3 is 0 Å². The Balaban J connectivity index is 1.62. The third-order valence-corrected chi connectivity index (χ3v) is 5.91. The summed E-state index contributed by atoms with van der Waals surface area (Å²) in [7, 11) is 0. The van der Waals surface area contributed by atoms with Crippen molar-refractivity contribution in [2.24, 2.45) is 0 Å². The SMILES string of the molecule is O=C(CCCSc1ccc(F)cc1)Nc1ccc(Cl)cc1C(=O)c1ccccc1Cl. The van der Waals surface area contributed by atoms with Crippen LogP contribution < -0.4 is 5.32 Å². The van der Waals surface area contributed by atoms with E-state index in [1.165, 1.54) is 18.2 Å². The van der Waals surface area contributed by atoms with Crippen molar-refractivity contribution in [1.29, 1.82) is 0 Å². The van der Waals surface area contributed by atoms with Crippen LogP contribution in [0.2, 0.25) is 10.0 Å². The second-order valence-corrected chi connectivity index (χ2v) is 8.46. The van der Waals surface area contributed by atoms with Crippen LogP contribution in [-0.4, -0.2) is 17.4 Å². The summed E-state index contributed by atoms with van der Waals surface area (Å²) in [6.07, 6.45) is 0.922. The summed E-state index contributed by atoms with van der Waals surface area (Å²) in [6.45, 7) is 0. The van der Waals surface area contributed by atoms with E-state index >= 15 is 0 Å². The van der Waals surface area contributed by atoms with E-state index in [0.29, 0.717) is 33.5 Å². The number of rotatable bonds is 8. The number of thioether (sulfide) groups is 1. The summed E-state index contributed by atoms with van der Waals surface area (Å²) < 4.78 is 12.9. The average molecular weight is 462 g/mol. The molecular weight excluding hydrogens is 444 g/mol. The maximum atomic E-state index is 12.9. The highest BCUT2D eigenvalue weighted by Crippen LogP contribution is 2.27. The number of ketones is 1. The zero-order valence-corrected chi connectivity index (χ0v) is 18.2. The fraction of sp³-hybridized carbons (Fsp3) is 0.130. The number of halogens is 3. The maximum absolute atomic E-state index is 12.9. The molecule has 0 radical (unpaired) electrons. The first-order valence-electron chi connectivity index (χ1n) is 9.21. The number of carbonyl (C=O) groups excluding carboxylic acids is 2. The number of anilines is 1. The molecule has 0 aliphatic heterocycles. The van der Waals surface area contributed by atoms with E-state index in [1.807, 2.05) is 0 Å². The molecule has 0 aliphatic rings. The van der Waals surface area contributed by atoms with Gasteiger partial charge in [0.05, 0.1) is 10.7 Å². The Kier molecular flexibility index (Phi) is 7.91. The first-order valence-corrected chi connectivity index (χ1v) is 10.9. The van der Waals surface area contributed by atoms with Crippen LogP contribution in [0, 0.1) is 5.82 Å². The van der Waals surface area contributed by atoms with Gasteiger partial charge in [-0.25, -0.2) is 4.39 Å². The number of benzene rings is 3. The van der Waals surface area contributed by atoms with Crippen molar-refractivity contribution in [3.63, 3.8) is 0 Å². The van der Waals surface area contributed by atoms with Crippen molar-refractivity contribution >= 4 is 52.3 Å². The molecule has 0 aliphatic carbocycles. The molecule has 3 aromatic carbocycles. The minimum absolute atomic E-state index is 0.203. The van der Waals surface area contributed by atoms with Crippen molar-refractivity contribution < 1.29 is 14.0 Å². The van der Waals surface area contributed by atoms with Crippen LogP contribution in [0.1, 0.15) is 28.8 Å². The van der Waals surface area contributed by atoms with E-state index in [9.17, 15) is 14.0 Å². The van der Waals surface area contributed by atoms with Crippen molar-refractivity contribution in [1.82, 2.24) is 0 Å². The molecule has 3 aromatic rings. The van der Waals surface area contributed by atoms with E-state index in [1.54, 1.807) is 60.3 Å². The van der Waals surface area contributed by atoms with Crippen LogP contribution in [0.25, 0.3) is 0 Å². The molecule has 3 rings (SSSR count). The fourth-order valence-corrected chi connectivity index (χ4v) is 4.02. The summed E-state index contributed by atoms with van der Waals surface area (Å²) in [5, 5.41) is 3.51. The lowest BCUT2D eigenvalue weighted by Gasteiger charge is -2.12. The number of amides is 1. The predicted molar refractivity (Wildman–Crippen MR) is 121 cm³/mol. The Hall–Kier alpha value is -2.34. The van der Waals surface area contributed by atoms with Gasteiger partial charge in [0.2, 0.25) is 5.91 Å². The number of carbonyl (C=O) groups is 2. The first-order chi connectivity index (χ1) is 14.4. The molecule has 1 amide bonds. The molecule has 30 heavy (non-hydrogen) atoms. The monoisotopic (exact) mass is 461 g/mol. The van der Waals surface area contributed by atoms with Gasteiger partial charge in [-0.1, -0.05) is 35.3 Å². The highest BCUT2D eigenvalue weighted by atomic mass is 35.5. The molecule has 0 fully saturated rings. The van der Waals surface area contributed by atoms with Gasteiger partial charge in [0.25, 0.3) is 0 Å². The Morgan fingerprint density at radius 2 is 1.67 bits per heavy atom. The van der Waals surface area contributed by atoms with Gasteiger partial charge in [-0.2, -0.15) is 0 Å². The van der Waals surface area contributed by atoms with E-state index in [4.69, 9.17) is 23.2 Å². The molecule has 0 saturated heterocycles. The Labute approximate surface area is 188 Å². The molecule has 0 unspecified atom stereocenters. The summed E-state index contributed by atoms with van der Waals surface area (Å²) in [6, 6.07) is 17.7. The van der Waals surface area contributed by atoms with Crippen molar-refractivity contribution in [2.75, 3.05) is 11.1 Å². The molecule has 1 N–H and O–H groups in total. The molecule has 0 spiro atoms. The smallest absolute Gasteiger partial charge is 0.224 e. The van der Waals surface area contributed by atoms with Gasteiger partial charge in [-0.05, 0) is 66.8 Å². The summed E-state index contributed by atoms with van der Waals surface area (Å²) in [5.41, 5.74) is 1.01. The quantitative estimate of drug-likeness (QED) is 0.226. The second kappa shape index (κ2) is 10.6. The van der Waals surface area contributed by atoms with E-state index in [2.05, 4.69) is 5.32 Å². The first kappa shape index (κ1) is 22.3. The zero-order valence-electron chi connectivity index (χ0n) is 15.8. The molecule has 7 heteroatoms. The number of hydrogen-bond acceptors (Lipinski definition) is 3. The van der Waals surface area contributed by atoms with E-state index < -0.39 is 0 Å². The highest BCUT2D eigenvalue weighted by molar-refractivity contribution is 7.99. The van der Waals surface area contributed by atoms with Crippen LogP contribution in [0.15, 0.2) is 71.6 Å². The van der Waals surface area contributed by atoms with Crippen molar-refractivity contribution in [2.45, 2.75) is 17.7 Å². The summed E-state index contributed by atoms with van der Waals surface area (Å²) in [5.74, 6) is -0.0789. The topological polar surface area (TPSA) is 46.2 Å². The average Bonchev–Trinajstić information content (AvgIpc) is 2.73. The fourth-order valence-electron chi connectivity index (χ4n) is 2.77. The van der Waals surface area contributed by atoms with Crippen LogP contribution in [-0.2, 0) is 4.79 Å². The van der Waals surface area contributed by atoms with Crippen molar-refractivity contribution in [3.05, 3.63) is 93.7 Å². The maximum Gasteiger partial charge on any atom is 0.224 e. The minimum Gasteiger partial charge on any atom is -0.325 e. The molecule has 154 valence electrons. The third kappa shape index (κ3) is 6.08. The van der Waals surface area contributed by atoms with Gasteiger partial charge in [-0.15, -0.1) is 11.8 Å². The van der Waals surface area contributed by atoms with Gasteiger partial charge < -0.3 is 5.32 Å². The molecule has 0 heterocycles. The zero-order chi connectivity index (χ0) is 21.5. The second-order valence-electron chi connectivity index (χ2n) is 6.45. The van der Waals surface area contributed by atoms with Gasteiger partial charge in [0.1, 0.15) is 5.82 Å². The molecule has 0 atom stereocenters. The van der Waals surface area contributed by atoms with Crippen LogP contribution in [0.3, 0.4) is 0 Å². The third-order valence-electron chi connectivity index (χ3n) is 4.25. The molecule has 3 nitrogen and oxygen atoms in total. The van der Waals surface area contributed by atoms with E-state index in [-0.39, 0.29) is 29.5 Å². The summed E-state index contributed by atoms with van der Waals surface area (Å²) >= 11 is 13.8. The largest absolute Gasteiger partial charge is 0.325 e. The van der Waals surface area contributed by atoms with Gasteiger partial charge in [0, 0.05) is 27.5 Å². The normalized spacial score (nSPS) is 10.6. The lowest BCUT2D eigenvalue weighted by molar-refractivity contribution is -0.116. The predicted octanol–water partition coefficient (Wildman–Crippen LogP) is 6.87. The Morgan fingerprint density at radius 1 is 0.933 bits per heavy atom. The number of hydrogen-bond donors (Lipinski definition) is 1. The number of nitrogens with one attached hydrogen (secondary N) is 1. The molecular formula is C23H18Cl2FNO2S. The van der Waals surface area contributed by atoms with Crippen LogP contribution in [0.4, 0.5) is 10.1 Å². The van der Waals surface area contributed by atoms with E-state index in [0.717, 1.165) is 4.90 Å².